The zero-order chi connectivity index (χ0) is 8.48. The zero-order valence-corrected chi connectivity index (χ0v) is 8.26. The number of aliphatic carboxylic acids is 1. The van der Waals surface area contributed by atoms with Gasteiger partial charge in [0.25, 0.3) is 0 Å². The molecule has 0 aromatic heterocycles. The van der Waals surface area contributed by atoms with Crippen LogP contribution in [0.1, 0.15) is 12.8 Å². The van der Waals surface area contributed by atoms with Gasteiger partial charge in [0.1, 0.15) is 0 Å². The third-order valence-corrected chi connectivity index (χ3v) is 5.86. The number of carboxylic acid groups (broad SMARTS) is 1. The van der Waals surface area contributed by atoms with Crippen LogP contribution in [0.4, 0.5) is 0 Å². The minimum absolute atomic E-state index is 0.399. The molecule has 11 heavy (non-hydrogen) atoms. The first-order valence-electron chi connectivity index (χ1n) is 4.21. The van der Waals surface area contributed by atoms with E-state index in [0.717, 1.165) is 6.42 Å². The molecule has 1 aliphatic heterocycles. The molecule has 1 N–H and O–H groups in total. The summed E-state index contributed by atoms with van der Waals surface area (Å²) in [6.45, 7) is 4.71. The van der Waals surface area contributed by atoms with Crippen molar-refractivity contribution in [2.75, 3.05) is 0 Å². The van der Waals surface area contributed by atoms with Crippen LogP contribution in [0.25, 0.3) is 0 Å². The maximum Gasteiger partial charge on any atom is 0.303 e. The lowest BCUT2D eigenvalue weighted by Gasteiger charge is -2.13. The number of carboxylic acids is 1. The molecule has 0 aromatic carbocycles. The molecule has 0 radical (unpaired) electrons. The molecule has 1 unspecified atom stereocenters. The maximum atomic E-state index is 10.4. The number of hydrogen-bond acceptors (Lipinski definition) is 1. The van der Waals surface area contributed by atoms with Gasteiger partial charge in [-0.3, -0.25) is 4.79 Å². The topological polar surface area (TPSA) is 37.3 Å². The van der Waals surface area contributed by atoms with Gasteiger partial charge in [0.05, 0.1) is 0 Å². The van der Waals surface area contributed by atoms with Crippen molar-refractivity contribution < 1.29 is 9.90 Å². The van der Waals surface area contributed by atoms with E-state index < -0.39 is 14.0 Å². The highest BCUT2D eigenvalue weighted by Gasteiger charge is 2.33. The van der Waals surface area contributed by atoms with E-state index in [1.165, 1.54) is 12.1 Å². The largest absolute Gasteiger partial charge is 0.481 e. The fraction of sp³-hybridized carbons (Fsp3) is 0.875. The van der Waals surface area contributed by atoms with E-state index in [4.69, 9.17) is 5.11 Å². The first-order valence-corrected chi connectivity index (χ1v) is 7.63. The van der Waals surface area contributed by atoms with Crippen molar-refractivity contribution in [1.82, 2.24) is 0 Å². The van der Waals surface area contributed by atoms with Crippen LogP contribution in [-0.2, 0) is 4.79 Å². The summed E-state index contributed by atoms with van der Waals surface area (Å²) in [5, 5.41) is 8.56. The molecule has 2 nitrogen and oxygen atoms in total. The van der Waals surface area contributed by atoms with Gasteiger partial charge < -0.3 is 5.11 Å². The molecule has 3 heteroatoms. The quantitative estimate of drug-likeness (QED) is 0.648. The summed E-state index contributed by atoms with van der Waals surface area (Å²) in [7, 11) is -0.933. The Bertz CT molecular complexity index is 165. The molecule has 1 aliphatic rings. The summed E-state index contributed by atoms with van der Waals surface area (Å²) in [5.74, 6) is -0.129. The van der Waals surface area contributed by atoms with E-state index in [2.05, 4.69) is 13.1 Å². The Morgan fingerprint density at radius 2 is 2.27 bits per heavy atom. The van der Waals surface area contributed by atoms with E-state index in [1.807, 2.05) is 0 Å². The molecule has 1 fully saturated rings. The summed E-state index contributed by atoms with van der Waals surface area (Å²) in [6, 6.07) is 2.55. The number of hydrogen-bond donors (Lipinski definition) is 1. The molecule has 0 aromatic rings. The zero-order valence-electron chi connectivity index (χ0n) is 7.26. The fourth-order valence-corrected chi connectivity index (χ4v) is 5.31. The molecule has 0 aliphatic carbocycles. The van der Waals surface area contributed by atoms with Crippen LogP contribution in [0.5, 0.6) is 0 Å². The predicted molar refractivity (Wildman–Crippen MR) is 47.5 cm³/mol. The number of carbonyl (C=O) groups is 1. The monoisotopic (exact) mass is 172 g/mol. The van der Waals surface area contributed by atoms with Crippen molar-refractivity contribution in [1.29, 1.82) is 0 Å². The lowest BCUT2D eigenvalue weighted by atomic mass is 10.1. The SMILES string of the molecule is C[Si]1(C)CCC(CC(=O)O)C1. The Morgan fingerprint density at radius 1 is 1.64 bits per heavy atom. The molecule has 0 spiro atoms. The van der Waals surface area contributed by atoms with Crippen LogP contribution in [0.2, 0.25) is 25.2 Å². The van der Waals surface area contributed by atoms with Gasteiger partial charge >= 0.3 is 5.97 Å². The molecule has 1 rings (SSSR count). The van der Waals surface area contributed by atoms with E-state index in [1.54, 1.807) is 0 Å². The van der Waals surface area contributed by atoms with Gasteiger partial charge in [-0.1, -0.05) is 31.6 Å². The normalized spacial score (nSPS) is 28.7. The van der Waals surface area contributed by atoms with Crippen molar-refractivity contribution in [3.63, 3.8) is 0 Å². The molecule has 1 heterocycles. The van der Waals surface area contributed by atoms with Crippen molar-refractivity contribution in [3.05, 3.63) is 0 Å². The lowest BCUT2D eigenvalue weighted by Crippen LogP contribution is -2.20. The summed E-state index contributed by atoms with van der Waals surface area (Å²) in [5.41, 5.74) is 0. The van der Waals surface area contributed by atoms with Crippen molar-refractivity contribution in [2.24, 2.45) is 5.92 Å². The summed E-state index contributed by atoms with van der Waals surface area (Å²) >= 11 is 0. The fourth-order valence-electron chi connectivity index (χ4n) is 2.00. The van der Waals surface area contributed by atoms with Crippen LogP contribution in [0, 0.1) is 5.92 Å². The van der Waals surface area contributed by atoms with Gasteiger partial charge in [-0.05, 0) is 5.92 Å². The third kappa shape index (κ3) is 2.65. The molecule has 0 saturated carbocycles. The average Bonchev–Trinajstić information content (AvgIpc) is 2.08. The smallest absolute Gasteiger partial charge is 0.303 e. The average molecular weight is 172 g/mol. The molecule has 1 saturated heterocycles. The summed E-state index contributed by atoms with van der Waals surface area (Å²) in [4.78, 5) is 10.4. The molecular formula is C8H16O2Si. The van der Waals surface area contributed by atoms with Gasteiger partial charge in [-0.25, -0.2) is 0 Å². The predicted octanol–water partition coefficient (Wildman–Crippen LogP) is 2.19. The van der Waals surface area contributed by atoms with Crippen LogP contribution >= 0.6 is 0 Å². The first-order chi connectivity index (χ1) is 4.99. The summed E-state index contributed by atoms with van der Waals surface area (Å²) < 4.78 is 0. The van der Waals surface area contributed by atoms with Gasteiger partial charge in [0, 0.05) is 14.5 Å². The highest BCUT2D eigenvalue weighted by Crippen LogP contribution is 2.36. The van der Waals surface area contributed by atoms with Crippen LogP contribution in [0.3, 0.4) is 0 Å². The molecule has 0 bridgehead atoms. The van der Waals surface area contributed by atoms with E-state index in [-0.39, 0.29) is 0 Å². The minimum Gasteiger partial charge on any atom is -0.481 e. The third-order valence-electron chi connectivity index (χ3n) is 2.53. The Kier molecular flexibility index (Phi) is 2.37. The Balaban J connectivity index is 2.36. The standard InChI is InChI=1S/C8H16O2Si/c1-11(2)4-3-7(6-11)5-8(9)10/h7H,3-6H2,1-2H3,(H,9,10). The van der Waals surface area contributed by atoms with Gasteiger partial charge in [0.2, 0.25) is 0 Å². The molecule has 1 atom stereocenters. The minimum atomic E-state index is -0.933. The van der Waals surface area contributed by atoms with Crippen LogP contribution in [-0.4, -0.2) is 19.1 Å². The second-order valence-corrected chi connectivity index (χ2v) is 9.61. The Hall–Kier alpha value is -0.313. The summed E-state index contributed by atoms with van der Waals surface area (Å²) in [6.07, 6.45) is 1.56. The highest BCUT2D eigenvalue weighted by atomic mass is 28.3. The van der Waals surface area contributed by atoms with Gasteiger partial charge in [-0.2, -0.15) is 0 Å². The lowest BCUT2D eigenvalue weighted by molar-refractivity contribution is -0.137. The Labute approximate surface area is 68.6 Å². The van der Waals surface area contributed by atoms with Crippen molar-refractivity contribution >= 4 is 14.0 Å². The van der Waals surface area contributed by atoms with Crippen molar-refractivity contribution in [2.45, 2.75) is 38.0 Å². The second kappa shape index (κ2) is 2.97. The molecule has 64 valence electrons. The van der Waals surface area contributed by atoms with E-state index >= 15 is 0 Å². The first kappa shape index (κ1) is 8.78. The van der Waals surface area contributed by atoms with Crippen molar-refractivity contribution in [3.8, 4) is 0 Å². The van der Waals surface area contributed by atoms with Gasteiger partial charge in [0.15, 0.2) is 0 Å². The maximum absolute atomic E-state index is 10.4. The molecular weight excluding hydrogens is 156 g/mol. The number of rotatable bonds is 2. The van der Waals surface area contributed by atoms with E-state index in [9.17, 15) is 4.79 Å². The van der Waals surface area contributed by atoms with Gasteiger partial charge in [-0.15, -0.1) is 0 Å². The highest BCUT2D eigenvalue weighted by molar-refractivity contribution is 6.78. The van der Waals surface area contributed by atoms with Crippen LogP contribution in [0.15, 0.2) is 0 Å². The molecule has 0 amide bonds. The second-order valence-electron chi connectivity index (χ2n) is 4.37. The Morgan fingerprint density at radius 3 is 2.64 bits per heavy atom. The van der Waals surface area contributed by atoms with E-state index in [0.29, 0.717) is 12.3 Å². The van der Waals surface area contributed by atoms with Crippen LogP contribution < -0.4 is 0 Å².